The van der Waals surface area contributed by atoms with Gasteiger partial charge in [-0.15, -0.1) is 0 Å². The van der Waals surface area contributed by atoms with Gasteiger partial charge in [-0.1, -0.05) is 5.16 Å². The highest BCUT2D eigenvalue weighted by Crippen LogP contribution is 2.28. The van der Waals surface area contributed by atoms with Crippen molar-refractivity contribution in [3.8, 4) is 17.3 Å². The first-order chi connectivity index (χ1) is 12.5. The van der Waals surface area contributed by atoms with Gasteiger partial charge in [0.15, 0.2) is 27.2 Å². The highest BCUT2D eigenvalue weighted by Gasteiger charge is 2.32. The molecule has 1 saturated heterocycles. The maximum atomic E-state index is 13.0. The predicted molar refractivity (Wildman–Crippen MR) is 88.6 cm³/mol. The number of sulfone groups is 1. The smallest absolute Gasteiger partial charge is 0.188 e. The van der Waals surface area contributed by atoms with E-state index in [1.165, 1.54) is 30.5 Å². The topological polar surface area (TPSA) is 100 Å². The third-order valence-corrected chi connectivity index (χ3v) is 5.83. The van der Waals surface area contributed by atoms with E-state index in [0.29, 0.717) is 29.5 Å². The molecular weight excluding hydrogens is 363 g/mol. The van der Waals surface area contributed by atoms with Crippen LogP contribution in [-0.4, -0.2) is 39.8 Å². The van der Waals surface area contributed by atoms with Crippen LogP contribution in [-0.2, 0) is 16.4 Å². The van der Waals surface area contributed by atoms with Crippen LogP contribution in [0.15, 0.2) is 41.1 Å². The normalized spacial score (nSPS) is 18.9. The Morgan fingerprint density at radius 1 is 1.27 bits per heavy atom. The van der Waals surface area contributed by atoms with Crippen molar-refractivity contribution in [3.05, 3.63) is 48.2 Å². The Morgan fingerprint density at radius 2 is 2.08 bits per heavy atom. The fourth-order valence-corrected chi connectivity index (χ4v) is 4.52. The molecule has 2 aromatic heterocycles. The summed E-state index contributed by atoms with van der Waals surface area (Å²) in [6, 6.07) is 6.94. The third kappa shape index (κ3) is 3.45. The zero-order valence-electron chi connectivity index (χ0n) is 13.6. The molecule has 8 nitrogen and oxygen atoms in total. The van der Waals surface area contributed by atoms with Crippen molar-refractivity contribution >= 4 is 9.84 Å². The highest BCUT2D eigenvalue weighted by molar-refractivity contribution is 7.91. The van der Waals surface area contributed by atoms with Crippen molar-refractivity contribution in [2.75, 3.05) is 11.5 Å². The van der Waals surface area contributed by atoms with Gasteiger partial charge in [-0.25, -0.2) is 22.5 Å². The number of rotatable bonds is 5. The first-order valence-corrected chi connectivity index (χ1v) is 9.77. The SMILES string of the molecule is O=S1(=O)CC[C@H](n2nc(COc3ccc(F)cc3)nc2-c2ccon2)C1. The lowest BCUT2D eigenvalue weighted by atomic mass is 10.2. The van der Waals surface area contributed by atoms with Crippen LogP contribution >= 0.6 is 0 Å². The summed E-state index contributed by atoms with van der Waals surface area (Å²) in [4.78, 5) is 4.41. The number of hydrogen-bond acceptors (Lipinski definition) is 7. The van der Waals surface area contributed by atoms with Gasteiger partial charge in [-0.05, 0) is 30.7 Å². The molecule has 1 fully saturated rings. The lowest BCUT2D eigenvalue weighted by molar-refractivity contribution is 0.293. The summed E-state index contributed by atoms with van der Waals surface area (Å²) in [7, 11) is -3.08. The van der Waals surface area contributed by atoms with Crippen molar-refractivity contribution < 1.29 is 22.1 Å². The van der Waals surface area contributed by atoms with Crippen LogP contribution in [0.2, 0.25) is 0 Å². The van der Waals surface area contributed by atoms with E-state index in [1.807, 2.05) is 0 Å². The Bertz CT molecular complexity index is 1000. The molecule has 0 N–H and O–H groups in total. The molecule has 1 aromatic carbocycles. The van der Waals surface area contributed by atoms with Gasteiger partial charge < -0.3 is 9.26 Å². The van der Waals surface area contributed by atoms with Crippen LogP contribution in [0.4, 0.5) is 4.39 Å². The molecule has 0 radical (unpaired) electrons. The molecule has 0 aliphatic carbocycles. The summed E-state index contributed by atoms with van der Waals surface area (Å²) in [5, 5.41) is 8.27. The summed E-state index contributed by atoms with van der Waals surface area (Å²) in [5.41, 5.74) is 0.467. The number of aromatic nitrogens is 4. The molecule has 4 rings (SSSR count). The predicted octanol–water partition coefficient (Wildman–Crippen LogP) is 2.01. The zero-order valence-corrected chi connectivity index (χ0v) is 14.4. The molecule has 0 unspecified atom stereocenters. The molecule has 136 valence electrons. The average molecular weight is 378 g/mol. The van der Waals surface area contributed by atoms with E-state index in [0.717, 1.165) is 0 Å². The quantitative estimate of drug-likeness (QED) is 0.669. The van der Waals surface area contributed by atoms with Crippen molar-refractivity contribution in [2.24, 2.45) is 0 Å². The largest absolute Gasteiger partial charge is 0.486 e. The van der Waals surface area contributed by atoms with Gasteiger partial charge in [0.1, 0.15) is 24.4 Å². The molecule has 3 aromatic rings. The molecule has 3 heterocycles. The van der Waals surface area contributed by atoms with Gasteiger partial charge in [0.05, 0.1) is 17.5 Å². The Labute approximate surface area is 148 Å². The molecule has 10 heteroatoms. The molecular formula is C16H15FN4O4S. The fraction of sp³-hybridized carbons (Fsp3) is 0.312. The molecule has 26 heavy (non-hydrogen) atoms. The number of halogens is 1. The third-order valence-electron chi connectivity index (χ3n) is 4.08. The second-order valence-corrected chi connectivity index (χ2v) is 8.21. The lowest BCUT2D eigenvalue weighted by Crippen LogP contribution is -2.14. The summed E-state index contributed by atoms with van der Waals surface area (Å²) in [6.07, 6.45) is 1.88. The lowest BCUT2D eigenvalue weighted by Gasteiger charge is -2.09. The summed E-state index contributed by atoms with van der Waals surface area (Å²) in [6.45, 7) is 0.0585. The Kier molecular flexibility index (Phi) is 4.19. The molecule has 0 spiro atoms. The van der Waals surface area contributed by atoms with E-state index in [9.17, 15) is 12.8 Å². The Morgan fingerprint density at radius 3 is 2.73 bits per heavy atom. The zero-order chi connectivity index (χ0) is 18.1. The minimum atomic E-state index is -3.08. The van der Waals surface area contributed by atoms with Crippen LogP contribution in [0.3, 0.4) is 0 Å². The van der Waals surface area contributed by atoms with Crippen LogP contribution < -0.4 is 4.74 Å². The molecule has 1 atom stereocenters. The van der Waals surface area contributed by atoms with Crippen LogP contribution in [0, 0.1) is 5.82 Å². The van der Waals surface area contributed by atoms with Crippen LogP contribution in [0.25, 0.3) is 11.5 Å². The Hall–Kier alpha value is -2.75. The molecule has 0 amide bonds. The van der Waals surface area contributed by atoms with Crippen LogP contribution in [0.1, 0.15) is 18.3 Å². The summed E-state index contributed by atoms with van der Waals surface area (Å²) in [5.74, 6) is 1.07. The average Bonchev–Trinajstić information content (AvgIpc) is 3.33. The minimum absolute atomic E-state index is 0.0134. The van der Waals surface area contributed by atoms with E-state index in [4.69, 9.17) is 9.26 Å². The monoisotopic (exact) mass is 378 g/mol. The molecule has 1 aliphatic rings. The van der Waals surface area contributed by atoms with Gasteiger partial charge in [0, 0.05) is 6.07 Å². The second-order valence-electron chi connectivity index (χ2n) is 5.98. The fourth-order valence-electron chi connectivity index (χ4n) is 2.83. The van der Waals surface area contributed by atoms with Gasteiger partial charge in [0.25, 0.3) is 0 Å². The van der Waals surface area contributed by atoms with Crippen molar-refractivity contribution in [1.29, 1.82) is 0 Å². The van der Waals surface area contributed by atoms with Crippen molar-refractivity contribution in [2.45, 2.75) is 19.1 Å². The van der Waals surface area contributed by atoms with E-state index in [-0.39, 0.29) is 30.0 Å². The van der Waals surface area contributed by atoms with E-state index < -0.39 is 9.84 Å². The van der Waals surface area contributed by atoms with Gasteiger partial charge in [-0.3, -0.25) is 0 Å². The first kappa shape index (κ1) is 16.7. The van der Waals surface area contributed by atoms with E-state index in [1.54, 1.807) is 10.7 Å². The maximum absolute atomic E-state index is 13.0. The van der Waals surface area contributed by atoms with E-state index in [2.05, 4.69) is 15.2 Å². The van der Waals surface area contributed by atoms with Crippen molar-refractivity contribution in [3.63, 3.8) is 0 Å². The number of hydrogen-bond donors (Lipinski definition) is 0. The maximum Gasteiger partial charge on any atom is 0.188 e. The van der Waals surface area contributed by atoms with Gasteiger partial charge in [-0.2, -0.15) is 5.10 Å². The Balaban J connectivity index is 1.60. The van der Waals surface area contributed by atoms with Crippen molar-refractivity contribution in [1.82, 2.24) is 19.9 Å². The molecule has 0 saturated carbocycles. The second kappa shape index (κ2) is 6.52. The number of ether oxygens (including phenoxy) is 1. The molecule has 1 aliphatic heterocycles. The number of benzene rings is 1. The van der Waals surface area contributed by atoms with Gasteiger partial charge in [0.2, 0.25) is 0 Å². The minimum Gasteiger partial charge on any atom is -0.486 e. The number of nitrogens with zero attached hydrogens (tertiary/aromatic N) is 4. The standard InChI is InChI=1S/C16H15FN4O4S/c17-11-1-3-13(4-2-11)24-9-15-18-16(14-5-7-25-20-14)21(19-15)12-6-8-26(22,23)10-12/h1-5,7,12H,6,8-10H2/t12-/m0/s1. The first-order valence-electron chi connectivity index (χ1n) is 7.95. The summed E-state index contributed by atoms with van der Waals surface area (Å²) < 4.78 is 48.6. The summed E-state index contributed by atoms with van der Waals surface area (Å²) >= 11 is 0. The highest BCUT2D eigenvalue weighted by atomic mass is 32.2. The van der Waals surface area contributed by atoms with E-state index >= 15 is 0 Å². The van der Waals surface area contributed by atoms with Crippen LogP contribution in [0.5, 0.6) is 5.75 Å². The molecule has 0 bridgehead atoms. The van der Waals surface area contributed by atoms with Gasteiger partial charge >= 0.3 is 0 Å².